The molecule has 0 aromatic carbocycles. The van der Waals surface area contributed by atoms with Gasteiger partial charge in [0.05, 0.1) is 0 Å². The number of thiocarbonyl (C=S) groups is 1. The van der Waals surface area contributed by atoms with Crippen LogP contribution in [0.25, 0.3) is 0 Å². The molecule has 1 unspecified atom stereocenters. The summed E-state index contributed by atoms with van der Waals surface area (Å²) in [5.41, 5.74) is 9.24. The van der Waals surface area contributed by atoms with Crippen LogP contribution in [-0.4, -0.2) is 22.6 Å². The van der Waals surface area contributed by atoms with Gasteiger partial charge in [0.25, 0.3) is 0 Å². The molecule has 0 aliphatic rings. The Morgan fingerprint density at radius 2 is 1.89 bits per heavy atom. The molecule has 0 fully saturated rings. The molecule has 0 spiro atoms. The number of carbonyl (C=O) groups is 1. The van der Waals surface area contributed by atoms with Crippen molar-refractivity contribution in [3.8, 4) is 0 Å². The topological polar surface area (TPSA) is 89.3 Å². The summed E-state index contributed by atoms with van der Waals surface area (Å²) in [6.45, 7) is 1.41. The molecule has 0 aliphatic carbocycles. The summed E-state index contributed by atoms with van der Waals surface area (Å²) in [5.74, 6) is 0. The fourth-order valence-electron chi connectivity index (χ4n) is 0. The van der Waals surface area contributed by atoms with E-state index in [0.717, 1.165) is 0 Å². The number of rotatable bonds is 1. The van der Waals surface area contributed by atoms with Crippen LogP contribution in [0.15, 0.2) is 0 Å². The van der Waals surface area contributed by atoms with E-state index in [4.69, 9.17) is 5.11 Å². The summed E-state index contributed by atoms with van der Waals surface area (Å²) >= 11 is 4.09. The minimum Gasteiger partial charge on any atom is -0.386 e. The number of carbonyl (C=O) groups excluding carboxylic acids is 1. The van der Waals surface area contributed by atoms with E-state index in [2.05, 4.69) is 23.7 Å². The average molecular weight is 150 g/mol. The fourth-order valence-corrected chi connectivity index (χ4v) is 0. The van der Waals surface area contributed by atoms with Gasteiger partial charge in [0.1, 0.15) is 12.4 Å². The Morgan fingerprint density at radius 3 is 1.89 bits per heavy atom. The van der Waals surface area contributed by atoms with E-state index in [1.807, 2.05) is 0 Å². The Labute approximate surface area is 58.8 Å². The van der Waals surface area contributed by atoms with Gasteiger partial charge in [-0.3, -0.25) is 0 Å². The zero-order valence-electron chi connectivity index (χ0n) is 5.07. The van der Waals surface area contributed by atoms with E-state index in [9.17, 15) is 4.79 Å². The molecule has 54 valence electrons. The van der Waals surface area contributed by atoms with Crippen molar-refractivity contribution in [1.82, 2.24) is 0 Å². The molecule has 0 aliphatic heterocycles. The standard InChI is InChI=1S/C3H6O2.CH4N2S/c1-3(5)2-4;2-1(3)4/h2-3,5H,1H3;(H4,2,3,4). The molecule has 5 N–H and O–H groups in total. The van der Waals surface area contributed by atoms with E-state index in [-0.39, 0.29) is 5.11 Å². The van der Waals surface area contributed by atoms with Crippen molar-refractivity contribution in [2.75, 3.05) is 0 Å². The predicted molar refractivity (Wildman–Crippen MR) is 38.7 cm³/mol. The predicted octanol–water partition coefficient (Wildman–Crippen LogP) is -1.25. The van der Waals surface area contributed by atoms with Crippen LogP contribution in [0.3, 0.4) is 0 Å². The Hall–Kier alpha value is -0.680. The van der Waals surface area contributed by atoms with E-state index in [1.165, 1.54) is 6.92 Å². The second-order valence-corrected chi connectivity index (χ2v) is 1.75. The number of hydrogen-bond donors (Lipinski definition) is 3. The van der Waals surface area contributed by atoms with Crippen LogP contribution < -0.4 is 11.5 Å². The normalized spacial score (nSPS) is 10.4. The monoisotopic (exact) mass is 150 g/mol. The molecule has 0 radical (unpaired) electrons. The van der Waals surface area contributed by atoms with E-state index in [1.54, 1.807) is 0 Å². The molecule has 0 saturated heterocycles. The summed E-state index contributed by atoms with van der Waals surface area (Å²) < 4.78 is 0. The number of aliphatic hydroxyl groups excluding tert-OH is 1. The Kier molecular flexibility index (Phi) is 9.08. The highest BCUT2D eigenvalue weighted by atomic mass is 32.1. The van der Waals surface area contributed by atoms with E-state index >= 15 is 0 Å². The lowest BCUT2D eigenvalue weighted by Gasteiger charge is -1.79. The smallest absolute Gasteiger partial charge is 0.160 e. The minimum atomic E-state index is -0.796. The maximum absolute atomic E-state index is 9.25. The van der Waals surface area contributed by atoms with E-state index < -0.39 is 6.10 Å². The lowest BCUT2D eigenvalue weighted by atomic mass is 10.5. The first-order valence-corrected chi connectivity index (χ1v) is 2.59. The molecule has 0 aromatic heterocycles. The van der Waals surface area contributed by atoms with Crippen LogP contribution in [0.4, 0.5) is 0 Å². The van der Waals surface area contributed by atoms with Gasteiger partial charge in [0, 0.05) is 0 Å². The van der Waals surface area contributed by atoms with Crippen molar-refractivity contribution in [2.45, 2.75) is 13.0 Å². The number of aldehydes is 1. The summed E-state index contributed by atoms with van der Waals surface area (Å²) in [6.07, 6.45) is -0.324. The second-order valence-electron chi connectivity index (χ2n) is 1.28. The van der Waals surface area contributed by atoms with Crippen LogP contribution in [0.5, 0.6) is 0 Å². The number of aliphatic hydroxyl groups is 1. The van der Waals surface area contributed by atoms with Crippen LogP contribution in [0.1, 0.15) is 6.92 Å². The average Bonchev–Trinajstić information content (AvgIpc) is 1.65. The molecule has 1 atom stereocenters. The largest absolute Gasteiger partial charge is 0.386 e. The van der Waals surface area contributed by atoms with Crippen molar-refractivity contribution < 1.29 is 9.90 Å². The Morgan fingerprint density at radius 1 is 1.78 bits per heavy atom. The van der Waals surface area contributed by atoms with Gasteiger partial charge in [-0.25, -0.2) is 0 Å². The van der Waals surface area contributed by atoms with Crippen molar-refractivity contribution in [1.29, 1.82) is 0 Å². The molecular formula is C4H10N2O2S. The highest BCUT2D eigenvalue weighted by molar-refractivity contribution is 7.80. The molecule has 4 nitrogen and oxygen atoms in total. The molecule has 0 aromatic rings. The summed E-state index contributed by atoms with van der Waals surface area (Å²) in [7, 11) is 0. The van der Waals surface area contributed by atoms with Crippen molar-refractivity contribution in [3.05, 3.63) is 0 Å². The van der Waals surface area contributed by atoms with Crippen molar-refractivity contribution in [3.63, 3.8) is 0 Å². The molecule has 0 bridgehead atoms. The molecule has 0 rings (SSSR count). The van der Waals surface area contributed by atoms with Gasteiger partial charge in [0.2, 0.25) is 0 Å². The van der Waals surface area contributed by atoms with Gasteiger partial charge in [-0.2, -0.15) is 0 Å². The first kappa shape index (κ1) is 11.2. The third kappa shape index (κ3) is 119. The van der Waals surface area contributed by atoms with Crippen LogP contribution in [-0.2, 0) is 4.79 Å². The van der Waals surface area contributed by atoms with Gasteiger partial charge in [-0.05, 0) is 19.1 Å². The zero-order chi connectivity index (χ0) is 7.86. The van der Waals surface area contributed by atoms with Crippen molar-refractivity contribution >= 4 is 23.6 Å². The first-order chi connectivity index (χ1) is 4.00. The van der Waals surface area contributed by atoms with Crippen molar-refractivity contribution in [2.24, 2.45) is 11.5 Å². The Balaban J connectivity index is 0. The van der Waals surface area contributed by atoms with E-state index in [0.29, 0.717) is 6.29 Å². The maximum atomic E-state index is 9.25. The van der Waals surface area contributed by atoms with Crippen LogP contribution in [0.2, 0.25) is 0 Å². The highest BCUT2D eigenvalue weighted by Gasteiger charge is 1.81. The third-order valence-corrected chi connectivity index (χ3v) is 0.197. The summed E-state index contributed by atoms with van der Waals surface area (Å²) in [5, 5.41) is 7.99. The number of nitrogens with two attached hydrogens (primary N) is 2. The minimum absolute atomic E-state index is 0.000000000000000222. The lowest BCUT2D eigenvalue weighted by molar-refractivity contribution is -0.114. The molecule has 0 heterocycles. The summed E-state index contributed by atoms with van der Waals surface area (Å²) in [6, 6.07) is 0. The number of hydrogen-bond acceptors (Lipinski definition) is 3. The lowest BCUT2D eigenvalue weighted by Crippen LogP contribution is -2.18. The molecular weight excluding hydrogens is 140 g/mol. The quantitative estimate of drug-likeness (QED) is 0.321. The van der Waals surface area contributed by atoms with Crippen LogP contribution >= 0.6 is 12.2 Å². The zero-order valence-corrected chi connectivity index (χ0v) is 5.89. The summed E-state index contributed by atoms with van der Waals surface area (Å²) in [4.78, 5) is 9.25. The van der Waals surface area contributed by atoms with Gasteiger partial charge >= 0.3 is 0 Å². The highest BCUT2D eigenvalue weighted by Crippen LogP contribution is 1.62. The van der Waals surface area contributed by atoms with Gasteiger partial charge in [-0.15, -0.1) is 0 Å². The Bertz CT molecular complexity index is 90.6. The SMILES string of the molecule is CC(O)C=O.NC(N)=S. The first-order valence-electron chi connectivity index (χ1n) is 2.19. The molecule has 0 amide bonds. The second kappa shape index (κ2) is 7.32. The fraction of sp³-hybridized carbons (Fsp3) is 0.500. The van der Waals surface area contributed by atoms with Gasteiger partial charge < -0.3 is 21.4 Å². The van der Waals surface area contributed by atoms with Crippen LogP contribution in [0, 0.1) is 0 Å². The van der Waals surface area contributed by atoms with Gasteiger partial charge in [-0.1, -0.05) is 0 Å². The molecule has 5 heteroatoms. The molecule has 0 saturated carbocycles. The van der Waals surface area contributed by atoms with Gasteiger partial charge in [0.15, 0.2) is 5.11 Å². The maximum Gasteiger partial charge on any atom is 0.160 e. The molecule has 9 heavy (non-hydrogen) atoms. The third-order valence-electron chi connectivity index (χ3n) is 0.197.